The molecule has 9 nitrogen and oxygen atoms in total. The van der Waals surface area contributed by atoms with E-state index < -0.39 is 20.9 Å². The van der Waals surface area contributed by atoms with Crippen molar-refractivity contribution in [3.8, 4) is 5.75 Å². The number of nitro groups is 1. The van der Waals surface area contributed by atoms with E-state index in [1.54, 1.807) is 0 Å². The highest BCUT2D eigenvalue weighted by Gasteiger charge is 2.30. The average molecular weight is 442 g/mol. The molecule has 0 aliphatic heterocycles. The van der Waals surface area contributed by atoms with Gasteiger partial charge in [-0.3, -0.25) is 14.9 Å². The quantitative estimate of drug-likeness (QED) is 0.328. The number of carbonyl (C=O) groups is 1. The number of nitrogens with zero attached hydrogens (tertiary/aromatic N) is 2. The Morgan fingerprint density at radius 1 is 1.27 bits per heavy atom. The maximum absolute atomic E-state index is 12.3. The predicted molar refractivity (Wildman–Crippen MR) is 117 cm³/mol. The lowest BCUT2D eigenvalue weighted by atomic mass is 9.98. The number of nitro benzene ring substituents is 1. The number of benzene rings is 1. The van der Waals surface area contributed by atoms with E-state index in [9.17, 15) is 23.3 Å². The highest BCUT2D eigenvalue weighted by Crippen LogP contribution is 2.41. The highest BCUT2D eigenvalue weighted by molar-refractivity contribution is 7.92. The average Bonchev–Trinajstić information content (AvgIpc) is 2.66. The van der Waals surface area contributed by atoms with E-state index in [2.05, 4.69) is 12.2 Å². The van der Waals surface area contributed by atoms with Crippen molar-refractivity contribution in [1.29, 1.82) is 0 Å². The number of anilines is 2. The lowest BCUT2D eigenvalue weighted by molar-refractivity contribution is -0.384. The summed E-state index contributed by atoms with van der Waals surface area (Å²) in [6.07, 6.45) is 8.12. The minimum Gasteiger partial charge on any atom is -0.488 e. The van der Waals surface area contributed by atoms with E-state index in [0.29, 0.717) is 10.8 Å². The molecule has 0 saturated heterocycles. The zero-order chi connectivity index (χ0) is 22.3. The molecule has 2 rings (SSSR count). The topological polar surface area (TPSA) is 119 Å². The predicted octanol–water partition coefficient (Wildman–Crippen LogP) is 4.22. The number of rotatable bonds is 10. The van der Waals surface area contributed by atoms with Crippen molar-refractivity contribution >= 4 is 33.0 Å². The van der Waals surface area contributed by atoms with Crippen molar-refractivity contribution in [2.45, 2.75) is 71.3 Å². The molecule has 1 aliphatic rings. The number of sulfonamides is 1. The van der Waals surface area contributed by atoms with E-state index in [4.69, 9.17) is 4.74 Å². The van der Waals surface area contributed by atoms with Gasteiger partial charge in [-0.15, -0.1) is 0 Å². The van der Waals surface area contributed by atoms with Gasteiger partial charge in [-0.05, 0) is 38.2 Å². The van der Waals surface area contributed by atoms with Crippen LogP contribution in [0.1, 0.15) is 65.2 Å². The third kappa shape index (κ3) is 6.32. The molecule has 1 N–H and O–H groups in total. The van der Waals surface area contributed by atoms with Crippen LogP contribution in [0.3, 0.4) is 0 Å². The van der Waals surface area contributed by atoms with Crippen LogP contribution in [0.4, 0.5) is 17.1 Å². The number of carbonyl (C=O) groups excluding carboxylic acids is 1. The molecule has 1 amide bonds. The van der Waals surface area contributed by atoms with Gasteiger partial charge in [-0.2, -0.15) is 0 Å². The summed E-state index contributed by atoms with van der Waals surface area (Å²) in [6.45, 7) is 3.69. The first-order chi connectivity index (χ1) is 14.1. The molecule has 0 radical (unpaired) electrons. The van der Waals surface area contributed by atoms with Crippen molar-refractivity contribution in [3.63, 3.8) is 0 Å². The number of unbranched alkanes of at least 4 members (excludes halogenated alkanes) is 2. The zero-order valence-electron chi connectivity index (χ0n) is 17.8. The second-order valence-electron chi connectivity index (χ2n) is 7.65. The SMILES string of the molecule is CCCCCNc1cc(N(C(C)=O)S(C)(=O)=O)c(OC2CCCCC2)cc1[N+](=O)[O-]. The van der Waals surface area contributed by atoms with E-state index in [1.165, 1.54) is 12.1 Å². The molecule has 1 aliphatic carbocycles. The Morgan fingerprint density at radius 2 is 1.93 bits per heavy atom. The summed E-state index contributed by atoms with van der Waals surface area (Å²) < 4.78 is 31.3. The lowest BCUT2D eigenvalue weighted by Crippen LogP contribution is -2.35. The van der Waals surface area contributed by atoms with Crippen LogP contribution in [-0.4, -0.2) is 38.2 Å². The van der Waals surface area contributed by atoms with Crippen molar-refractivity contribution in [2.75, 3.05) is 22.4 Å². The second-order valence-corrected chi connectivity index (χ2v) is 9.48. The molecule has 1 aromatic rings. The molecule has 10 heteroatoms. The maximum Gasteiger partial charge on any atom is 0.296 e. The van der Waals surface area contributed by atoms with Gasteiger partial charge in [0.25, 0.3) is 5.69 Å². The van der Waals surface area contributed by atoms with Crippen molar-refractivity contribution < 1.29 is 22.9 Å². The van der Waals surface area contributed by atoms with Gasteiger partial charge in [0, 0.05) is 13.5 Å². The summed E-state index contributed by atoms with van der Waals surface area (Å²) in [7, 11) is -3.95. The fourth-order valence-electron chi connectivity index (χ4n) is 3.65. The molecule has 0 unspecified atom stereocenters. The number of hydrogen-bond donors (Lipinski definition) is 1. The van der Waals surface area contributed by atoms with Crippen LogP contribution in [0.2, 0.25) is 0 Å². The molecule has 30 heavy (non-hydrogen) atoms. The molecule has 168 valence electrons. The molecule has 1 aromatic carbocycles. The molecule has 0 spiro atoms. The first-order valence-corrected chi connectivity index (χ1v) is 12.2. The Bertz CT molecular complexity index is 866. The second kappa shape index (κ2) is 10.6. The van der Waals surface area contributed by atoms with E-state index in [0.717, 1.165) is 64.5 Å². The van der Waals surface area contributed by atoms with Crippen molar-refractivity contribution in [1.82, 2.24) is 0 Å². The highest BCUT2D eigenvalue weighted by atomic mass is 32.2. The van der Waals surface area contributed by atoms with Crippen LogP contribution in [0.15, 0.2) is 12.1 Å². The zero-order valence-corrected chi connectivity index (χ0v) is 18.7. The number of hydrogen-bond acceptors (Lipinski definition) is 7. The summed E-state index contributed by atoms with van der Waals surface area (Å²) >= 11 is 0. The monoisotopic (exact) mass is 441 g/mol. The smallest absolute Gasteiger partial charge is 0.296 e. The molecule has 1 fully saturated rings. The fourth-order valence-corrected chi connectivity index (χ4v) is 4.61. The standard InChI is InChI=1S/C20H31N3O6S/c1-4-5-9-12-21-17-13-19(22(15(2)24)30(3,27)28)20(14-18(17)23(25)26)29-16-10-7-6-8-11-16/h13-14,16,21H,4-12H2,1-3H3. The van der Waals surface area contributed by atoms with Gasteiger partial charge >= 0.3 is 0 Å². The van der Waals surface area contributed by atoms with Crippen molar-refractivity contribution in [3.05, 3.63) is 22.2 Å². The van der Waals surface area contributed by atoms with E-state index in [1.807, 2.05) is 0 Å². The molecule has 0 heterocycles. The number of amides is 1. The molecular weight excluding hydrogens is 410 g/mol. The maximum atomic E-state index is 12.3. The van der Waals surface area contributed by atoms with Crippen LogP contribution in [0.5, 0.6) is 5.75 Å². The number of nitrogens with one attached hydrogen (secondary N) is 1. The van der Waals surface area contributed by atoms with Crippen LogP contribution in [-0.2, 0) is 14.8 Å². The van der Waals surface area contributed by atoms with Gasteiger partial charge in [-0.25, -0.2) is 12.7 Å². The molecule has 0 aromatic heterocycles. The van der Waals surface area contributed by atoms with Gasteiger partial charge in [0.1, 0.15) is 11.4 Å². The number of ether oxygens (including phenoxy) is 1. The summed E-state index contributed by atoms with van der Waals surface area (Å²) in [5.74, 6) is -0.676. The Kier molecular flexibility index (Phi) is 8.45. The van der Waals surface area contributed by atoms with Gasteiger partial charge in [-0.1, -0.05) is 26.2 Å². The third-order valence-corrected chi connectivity index (χ3v) is 6.17. The Labute approximate surface area is 178 Å². The molecule has 0 bridgehead atoms. The molecular formula is C20H31N3O6S. The van der Waals surface area contributed by atoms with Crippen LogP contribution < -0.4 is 14.4 Å². The minimum atomic E-state index is -3.95. The van der Waals surface area contributed by atoms with Crippen molar-refractivity contribution in [2.24, 2.45) is 0 Å². The normalized spacial score (nSPS) is 14.9. The lowest BCUT2D eigenvalue weighted by Gasteiger charge is -2.27. The van der Waals surface area contributed by atoms with E-state index >= 15 is 0 Å². The Morgan fingerprint density at radius 3 is 2.47 bits per heavy atom. The van der Waals surface area contributed by atoms with Gasteiger partial charge in [0.05, 0.1) is 23.3 Å². The third-order valence-electron chi connectivity index (χ3n) is 5.05. The Hall–Kier alpha value is -2.36. The molecule has 0 atom stereocenters. The van der Waals surface area contributed by atoms with Gasteiger partial charge in [0.2, 0.25) is 15.9 Å². The van der Waals surface area contributed by atoms with E-state index in [-0.39, 0.29) is 28.9 Å². The summed E-state index contributed by atoms with van der Waals surface area (Å²) in [6, 6.07) is 2.57. The fraction of sp³-hybridized carbons (Fsp3) is 0.650. The van der Waals surface area contributed by atoms with Crippen LogP contribution in [0, 0.1) is 10.1 Å². The minimum absolute atomic E-state index is 0.000773. The summed E-state index contributed by atoms with van der Waals surface area (Å²) in [5, 5.41) is 14.7. The first-order valence-electron chi connectivity index (χ1n) is 10.4. The summed E-state index contributed by atoms with van der Waals surface area (Å²) in [4.78, 5) is 23.4. The summed E-state index contributed by atoms with van der Waals surface area (Å²) in [5.41, 5.74) is -0.0470. The first kappa shape index (κ1) is 23.9. The molecule has 1 saturated carbocycles. The Balaban J connectivity index is 2.54. The largest absolute Gasteiger partial charge is 0.488 e. The van der Waals surface area contributed by atoms with Gasteiger partial charge < -0.3 is 10.1 Å². The van der Waals surface area contributed by atoms with Gasteiger partial charge in [0.15, 0.2) is 5.75 Å². The van der Waals surface area contributed by atoms with Crippen LogP contribution in [0.25, 0.3) is 0 Å². The van der Waals surface area contributed by atoms with Crippen LogP contribution >= 0.6 is 0 Å².